The summed E-state index contributed by atoms with van der Waals surface area (Å²) in [6.07, 6.45) is 6.85. The summed E-state index contributed by atoms with van der Waals surface area (Å²) >= 11 is 0. The molecular weight excluding hydrogens is 308 g/mol. The second-order valence-corrected chi connectivity index (χ2v) is 7.03. The van der Waals surface area contributed by atoms with Gasteiger partial charge in [0.2, 0.25) is 5.95 Å². The summed E-state index contributed by atoms with van der Waals surface area (Å²) in [5, 5.41) is 0. The Morgan fingerprint density at radius 3 is 3.04 bits per heavy atom. The predicted octanol–water partition coefficient (Wildman–Crippen LogP) is 1.67. The molecule has 0 aromatic carbocycles. The molecule has 4 atom stereocenters. The van der Waals surface area contributed by atoms with Gasteiger partial charge in [-0.05, 0) is 31.1 Å². The van der Waals surface area contributed by atoms with Crippen molar-refractivity contribution in [2.75, 3.05) is 14.1 Å². The number of aromatic nitrogens is 4. The number of hydrogen-bond donors (Lipinski definition) is 1. The first-order valence-electron chi connectivity index (χ1n) is 8.36. The average Bonchev–Trinajstić information content (AvgIpc) is 3.21. The Hall–Kier alpha value is -2.22. The molecule has 2 aliphatic rings. The molecule has 1 aliphatic carbocycles. The third kappa shape index (κ3) is 2.50. The van der Waals surface area contributed by atoms with Crippen molar-refractivity contribution in [3.8, 4) is 0 Å². The highest BCUT2D eigenvalue weighted by atomic mass is 16.5. The first-order valence-corrected chi connectivity index (χ1v) is 8.36. The molecule has 128 valence electrons. The molecule has 1 saturated carbocycles. The highest BCUT2D eigenvalue weighted by Crippen LogP contribution is 2.46. The lowest BCUT2D eigenvalue weighted by molar-refractivity contribution is -0.0175. The van der Waals surface area contributed by atoms with E-state index in [0.29, 0.717) is 29.1 Å². The number of imidazole rings is 1. The van der Waals surface area contributed by atoms with Crippen molar-refractivity contribution in [1.29, 1.82) is 0 Å². The van der Waals surface area contributed by atoms with E-state index < -0.39 is 0 Å². The number of aromatic amines is 1. The quantitative estimate of drug-likeness (QED) is 0.683. The van der Waals surface area contributed by atoms with E-state index >= 15 is 0 Å². The van der Waals surface area contributed by atoms with Crippen molar-refractivity contribution in [3.63, 3.8) is 0 Å². The van der Waals surface area contributed by atoms with Crippen LogP contribution in [0.3, 0.4) is 0 Å². The van der Waals surface area contributed by atoms with E-state index in [-0.39, 0.29) is 17.7 Å². The minimum absolute atomic E-state index is 0.104. The Kier molecular flexibility index (Phi) is 3.64. The van der Waals surface area contributed by atoms with Crippen molar-refractivity contribution in [2.24, 2.45) is 16.8 Å². The lowest BCUT2D eigenvalue weighted by Crippen LogP contribution is -2.17. The number of nitrogens with one attached hydrogen (secondary N) is 1. The molecule has 2 fully saturated rings. The molecule has 0 amide bonds. The van der Waals surface area contributed by atoms with E-state index in [1.807, 2.05) is 18.7 Å². The smallest absolute Gasteiger partial charge is 0.280 e. The molecule has 3 heterocycles. The molecule has 0 bridgehead atoms. The van der Waals surface area contributed by atoms with Gasteiger partial charge in [0.25, 0.3) is 5.56 Å². The van der Waals surface area contributed by atoms with E-state index in [4.69, 9.17) is 4.74 Å². The third-order valence-corrected chi connectivity index (χ3v) is 4.98. The van der Waals surface area contributed by atoms with Crippen LogP contribution in [0.15, 0.2) is 16.1 Å². The molecule has 1 saturated heterocycles. The fourth-order valence-corrected chi connectivity index (χ4v) is 3.80. The van der Waals surface area contributed by atoms with Gasteiger partial charge in [-0.15, -0.1) is 0 Å². The first kappa shape index (κ1) is 15.3. The van der Waals surface area contributed by atoms with Gasteiger partial charge in [-0.2, -0.15) is 4.98 Å². The summed E-state index contributed by atoms with van der Waals surface area (Å²) in [4.78, 5) is 29.5. The summed E-state index contributed by atoms with van der Waals surface area (Å²) in [7, 11) is 3.72. The van der Waals surface area contributed by atoms with Crippen LogP contribution in [0.25, 0.3) is 11.2 Å². The predicted molar refractivity (Wildman–Crippen MR) is 90.4 cm³/mol. The van der Waals surface area contributed by atoms with Gasteiger partial charge in [-0.1, -0.05) is 6.92 Å². The summed E-state index contributed by atoms with van der Waals surface area (Å²) in [5.41, 5.74) is 0.575. The van der Waals surface area contributed by atoms with Gasteiger partial charge in [-0.25, -0.2) is 9.98 Å². The van der Waals surface area contributed by atoms with Gasteiger partial charge in [0.1, 0.15) is 6.23 Å². The van der Waals surface area contributed by atoms with Crippen molar-refractivity contribution in [3.05, 3.63) is 16.7 Å². The molecule has 0 unspecified atom stereocenters. The second kappa shape index (κ2) is 5.70. The van der Waals surface area contributed by atoms with Crippen LogP contribution in [-0.2, 0) is 4.74 Å². The van der Waals surface area contributed by atoms with Crippen LogP contribution in [0.4, 0.5) is 5.95 Å². The normalized spacial score (nSPS) is 29.6. The largest absolute Gasteiger partial charge is 0.369 e. The zero-order valence-electron chi connectivity index (χ0n) is 14.1. The lowest BCUT2D eigenvalue weighted by Gasteiger charge is -2.17. The fourth-order valence-electron chi connectivity index (χ4n) is 3.80. The summed E-state index contributed by atoms with van der Waals surface area (Å²) in [5.74, 6) is 1.46. The van der Waals surface area contributed by atoms with Gasteiger partial charge >= 0.3 is 0 Å². The Morgan fingerprint density at radius 2 is 2.29 bits per heavy atom. The molecule has 1 aliphatic heterocycles. The molecule has 24 heavy (non-hydrogen) atoms. The van der Waals surface area contributed by atoms with E-state index in [2.05, 4.69) is 26.9 Å². The van der Waals surface area contributed by atoms with Crippen molar-refractivity contribution < 1.29 is 4.74 Å². The van der Waals surface area contributed by atoms with Gasteiger partial charge in [0, 0.05) is 14.1 Å². The number of hydrogen-bond acceptors (Lipinski definition) is 5. The second-order valence-electron chi connectivity index (χ2n) is 7.03. The van der Waals surface area contributed by atoms with Gasteiger partial charge in [0.05, 0.1) is 18.8 Å². The summed E-state index contributed by atoms with van der Waals surface area (Å²) in [6.45, 7) is 2.25. The zero-order chi connectivity index (χ0) is 16.8. The molecule has 0 radical (unpaired) electrons. The molecule has 2 aromatic rings. The number of H-pyrrole nitrogens is 1. The maximum Gasteiger partial charge on any atom is 0.280 e. The van der Waals surface area contributed by atoms with E-state index in [1.165, 1.54) is 12.8 Å². The Labute approximate surface area is 139 Å². The molecule has 0 spiro atoms. The van der Waals surface area contributed by atoms with Crippen molar-refractivity contribution in [2.45, 2.75) is 38.5 Å². The van der Waals surface area contributed by atoms with E-state index in [9.17, 15) is 4.79 Å². The van der Waals surface area contributed by atoms with E-state index in [1.54, 1.807) is 17.6 Å². The SMILES string of the molecule is C[C@@H]1CC[C@@H]2C[C@@H](n3cnc4c(=O)[nH]c(N=CN(C)C)nc43)O[C@@H]21. The monoisotopic (exact) mass is 330 g/mol. The third-order valence-electron chi connectivity index (χ3n) is 4.98. The van der Waals surface area contributed by atoms with Crippen LogP contribution < -0.4 is 5.56 Å². The molecule has 2 aromatic heterocycles. The summed E-state index contributed by atoms with van der Waals surface area (Å²) in [6, 6.07) is 0. The van der Waals surface area contributed by atoms with Gasteiger partial charge in [0.15, 0.2) is 11.2 Å². The minimum Gasteiger partial charge on any atom is -0.369 e. The van der Waals surface area contributed by atoms with E-state index in [0.717, 1.165) is 6.42 Å². The van der Waals surface area contributed by atoms with Gasteiger partial charge in [-0.3, -0.25) is 14.3 Å². The first-order chi connectivity index (χ1) is 11.5. The maximum atomic E-state index is 12.2. The summed E-state index contributed by atoms with van der Waals surface area (Å²) < 4.78 is 8.13. The number of nitrogens with zero attached hydrogens (tertiary/aromatic N) is 5. The highest BCUT2D eigenvalue weighted by molar-refractivity contribution is 5.71. The number of ether oxygens (including phenoxy) is 1. The Bertz CT molecular complexity index is 839. The minimum atomic E-state index is -0.281. The molecule has 1 N–H and O–H groups in total. The van der Waals surface area contributed by atoms with Gasteiger partial charge < -0.3 is 9.64 Å². The van der Waals surface area contributed by atoms with Crippen molar-refractivity contribution >= 4 is 23.5 Å². The maximum absolute atomic E-state index is 12.2. The van der Waals surface area contributed by atoms with Crippen LogP contribution in [0.1, 0.15) is 32.4 Å². The number of aliphatic imine (C=N–C) groups is 1. The van der Waals surface area contributed by atoms with Crippen LogP contribution in [0, 0.1) is 11.8 Å². The average molecular weight is 330 g/mol. The topological polar surface area (TPSA) is 88.4 Å². The molecule has 8 nitrogen and oxygen atoms in total. The van der Waals surface area contributed by atoms with Crippen molar-refractivity contribution in [1.82, 2.24) is 24.4 Å². The molecule has 4 rings (SSSR count). The fraction of sp³-hybridized carbons (Fsp3) is 0.625. The Balaban J connectivity index is 1.70. The van der Waals surface area contributed by atoms with Crippen LogP contribution in [0.5, 0.6) is 0 Å². The molecule has 8 heteroatoms. The number of fused-ring (bicyclic) bond motifs is 2. The Morgan fingerprint density at radius 1 is 1.46 bits per heavy atom. The molecular formula is C16H22N6O2. The standard InChI is InChI=1S/C16H22N6O2/c1-9-4-5-10-6-11(24-13(9)10)22-8-17-12-14(22)19-16(20-15(12)23)18-7-21(2)3/h7-11,13H,4-6H2,1-3H3,(H,19,20,23)/t9-,10-,11+,13-/m1/s1. The number of rotatable bonds is 3. The van der Waals surface area contributed by atoms with Crippen LogP contribution in [-0.4, -0.2) is 51.0 Å². The van der Waals surface area contributed by atoms with Crippen LogP contribution >= 0.6 is 0 Å². The van der Waals surface area contributed by atoms with Crippen LogP contribution in [0.2, 0.25) is 0 Å². The highest BCUT2D eigenvalue weighted by Gasteiger charge is 2.43. The lowest BCUT2D eigenvalue weighted by atomic mass is 10.0. The zero-order valence-corrected chi connectivity index (χ0v) is 14.1.